The SMILES string of the molecule is Cc1cc(F)ccc1NS(=O)(=O)c1ccc(C(F)(F)F)cc1. The van der Waals surface area contributed by atoms with Gasteiger partial charge >= 0.3 is 6.18 Å². The van der Waals surface area contributed by atoms with Crippen molar-refractivity contribution >= 4 is 15.7 Å². The zero-order chi connectivity index (χ0) is 16.5. The third-order valence-corrected chi connectivity index (χ3v) is 4.31. The number of hydrogen-bond donors (Lipinski definition) is 1. The lowest BCUT2D eigenvalue weighted by atomic mass is 10.2. The minimum atomic E-state index is -4.54. The predicted molar refractivity (Wildman–Crippen MR) is 73.4 cm³/mol. The van der Waals surface area contributed by atoms with E-state index in [9.17, 15) is 26.0 Å². The van der Waals surface area contributed by atoms with Gasteiger partial charge in [0.15, 0.2) is 0 Å². The number of aryl methyl sites for hydroxylation is 1. The fourth-order valence-electron chi connectivity index (χ4n) is 1.77. The van der Waals surface area contributed by atoms with E-state index < -0.39 is 27.6 Å². The molecule has 118 valence electrons. The van der Waals surface area contributed by atoms with Crippen LogP contribution in [0.1, 0.15) is 11.1 Å². The fourth-order valence-corrected chi connectivity index (χ4v) is 2.90. The molecule has 0 atom stereocenters. The zero-order valence-electron chi connectivity index (χ0n) is 11.3. The van der Waals surface area contributed by atoms with Crippen LogP contribution in [0.25, 0.3) is 0 Å². The predicted octanol–water partition coefficient (Wildman–Crippen LogP) is 3.95. The lowest BCUT2D eigenvalue weighted by molar-refractivity contribution is -0.137. The van der Waals surface area contributed by atoms with Crippen LogP contribution in [0.3, 0.4) is 0 Å². The molecule has 2 aromatic carbocycles. The number of rotatable bonds is 3. The first kappa shape index (κ1) is 16.3. The Hall–Kier alpha value is -2.09. The number of hydrogen-bond acceptors (Lipinski definition) is 2. The van der Waals surface area contributed by atoms with E-state index in [2.05, 4.69) is 4.72 Å². The van der Waals surface area contributed by atoms with Gasteiger partial charge in [0.2, 0.25) is 0 Å². The second kappa shape index (κ2) is 5.60. The summed E-state index contributed by atoms with van der Waals surface area (Å²) >= 11 is 0. The van der Waals surface area contributed by atoms with E-state index >= 15 is 0 Å². The van der Waals surface area contributed by atoms with Crippen molar-refractivity contribution in [3.63, 3.8) is 0 Å². The summed E-state index contributed by atoms with van der Waals surface area (Å²) in [5.41, 5.74) is -0.429. The highest BCUT2D eigenvalue weighted by Crippen LogP contribution is 2.30. The second-order valence-corrected chi connectivity index (χ2v) is 6.27. The Morgan fingerprint density at radius 3 is 2.09 bits per heavy atom. The maximum absolute atomic E-state index is 13.0. The Kier molecular flexibility index (Phi) is 4.15. The van der Waals surface area contributed by atoms with Crippen LogP contribution in [0.5, 0.6) is 0 Å². The average molecular weight is 333 g/mol. The largest absolute Gasteiger partial charge is 0.416 e. The molecule has 0 fully saturated rings. The van der Waals surface area contributed by atoms with Crippen molar-refractivity contribution in [3.05, 3.63) is 59.4 Å². The van der Waals surface area contributed by atoms with Crippen molar-refractivity contribution in [2.75, 3.05) is 4.72 Å². The number of sulfonamides is 1. The van der Waals surface area contributed by atoms with Crippen molar-refractivity contribution in [2.45, 2.75) is 18.0 Å². The molecule has 0 radical (unpaired) electrons. The van der Waals surface area contributed by atoms with Gasteiger partial charge < -0.3 is 0 Å². The number of alkyl halides is 3. The van der Waals surface area contributed by atoms with E-state index in [1.165, 1.54) is 13.0 Å². The molecule has 0 unspecified atom stereocenters. The van der Waals surface area contributed by atoms with Gasteiger partial charge in [-0.15, -0.1) is 0 Å². The summed E-state index contributed by atoms with van der Waals surface area (Å²) in [6, 6.07) is 6.57. The summed E-state index contributed by atoms with van der Waals surface area (Å²) in [6.07, 6.45) is -4.54. The van der Waals surface area contributed by atoms with Gasteiger partial charge in [-0.25, -0.2) is 12.8 Å². The molecule has 2 rings (SSSR count). The van der Waals surface area contributed by atoms with E-state index in [1.807, 2.05) is 0 Å². The van der Waals surface area contributed by atoms with Gasteiger partial charge in [0, 0.05) is 0 Å². The van der Waals surface area contributed by atoms with E-state index in [0.717, 1.165) is 24.3 Å². The molecule has 0 heterocycles. The molecule has 0 aliphatic heterocycles. The Morgan fingerprint density at radius 2 is 1.59 bits per heavy atom. The van der Waals surface area contributed by atoms with Gasteiger partial charge in [-0.1, -0.05) is 0 Å². The van der Waals surface area contributed by atoms with Crippen LogP contribution in [0.4, 0.5) is 23.2 Å². The van der Waals surface area contributed by atoms with Crippen LogP contribution in [-0.2, 0) is 16.2 Å². The first-order valence-corrected chi connectivity index (χ1v) is 7.54. The van der Waals surface area contributed by atoms with Gasteiger partial charge in [-0.2, -0.15) is 13.2 Å². The maximum Gasteiger partial charge on any atom is 0.416 e. The fraction of sp³-hybridized carbons (Fsp3) is 0.143. The van der Waals surface area contributed by atoms with Gasteiger partial charge in [0.05, 0.1) is 16.1 Å². The normalized spacial score (nSPS) is 12.2. The Bertz CT molecular complexity index is 783. The molecule has 0 aliphatic rings. The van der Waals surface area contributed by atoms with Crippen molar-refractivity contribution in [3.8, 4) is 0 Å². The quantitative estimate of drug-likeness (QED) is 0.865. The molecule has 0 amide bonds. The zero-order valence-corrected chi connectivity index (χ0v) is 12.1. The molecular weight excluding hydrogens is 322 g/mol. The van der Waals surface area contributed by atoms with Gasteiger partial charge in [0.25, 0.3) is 10.0 Å². The summed E-state index contributed by atoms with van der Waals surface area (Å²) in [7, 11) is -4.05. The number of anilines is 1. The van der Waals surface area contributed by atoms with Crippen LogP contribution < -0.4 is 4.72 Å². The minimum absolute atomic E-state index is 0.154. The molecule has 8 heteroatoms. The van der Waals surface area contributed by atoms with Gasteiger partial charge in [-0.05, 0) is 55.0 Å². The first-order chi connectivity index (χ1) is 10.1. The molecule has 0 saturated heterocycles. The van der Waals surface area contributed by atoms with Crippen molar-refractivity contribution in [1.29, 1.82) is 0 Å². The molecule has 0 spiro atoms. The van der Waals surface area contributed by atoms with E-state index in [0.29, 0.717) is 17.7 Å². The smallest absolute Gasteiger partial charge is 0.279 e. The molecule has 3 nitrogen and oxygen atoms in total. The highest BCUT2D eigenvalue weighted by molar-refractivity contribution is 7.92. The standard InChI is InChI=1S/C14H11F4NO2S/c1-9-8-11(15)4-7-13(9)19-22(20,21)12-5-2-10(3-6-12)14(16,17)18/h2-8,19H,1H3. The first-order valence-electron chi connectivity index (χ1n) is 6.06. The van der Waals surface area contributed by atoms with Crippen LogP contribution in [0.15, 0.2) is 47.4 Å². The summed E-state index contributed by atoms with van der Waals surface area (Å²) in [6.45, 7) is 1.51. The number of benzene rings is 2. The Labute approximate surface area is 124 Å². The summed E-state index contributed by atoms with van der Waals surface area (Å²) in [5, 5.41) is 0. The molecule has 0 aliphatic carbocycles. The van der Waals surface area contributed by atoms with Crippen molar-refractivity contribution in [2.24, 2.45) is 0 Å². The van der Waals surface area contributed by atoms with Crippen LogP contribution in [0, 0.1) is 12.7 Å². The average Bonchev–Trinajstić information content (AvgIpc) is 2.41. The van der Waals surface area contributed by atoms with Gasteiger partial charge in [-0.3, -0.25) is 4.72 Å². The Balaban J connectivity index is 2.31. The van der Waals surface area contributed by atoms with E-state index in [1.54, 1.807) is 0 Å². The summed E-state index contributed by atoms with van der Waals surface area (Å²) in [5.74, 6) is -0.519. The third kappa shape index (κ3) is 3.56. The van der Waals surface area contributed by atoms with E-state index in [-0.39, 0.29) is 10.6 Å². The monoisotopic (exact) mass is 333 g/mol. The molecule has 1 N–H and O–H groups in total. The molecule has 0 aromatic heterocycles. The lowest BCUT2D eigenvalue weighted by Crippen LogP contribution is -2.14. The third-order valence-electron chi connectivity index (χ3n) is 2.92. The van der Waals surface area contributed by atoms with Gasteiger partial charge in [0.1, 0.15) is 5.82 Å². The Morgan fingerprint density at radius 1 is 1.00 bits per heavy atom. The second-order valence-electron chi connectivity index (χ2n) is 4.59. The van der Waals surface area contributed by atoms with Crippen molar-refractivity contribution < 1.29 is 26.0 Å². The van der Waals surface area contributed by atoms with Crippen LogP contribution in [-0.4, -0.2) is 8.42 Å². The number of halogens is 4. The highest BCUT2D eigenvalue weighted by Gasteiger charge is 2.30. The maximum atomic E-state index is 13.0. The molecule has 22 heavy (non-hydrogen) atoms. The molecular formula is C14H11F4NO2S. The molecule has 0 saturated carbocycles. The van der Waals surface area contributed by atoms with E-state index in [4.69, 9.17) is 0 Å². The summed E-state index contributed by atoms with van der Waals surface area (Å²) < 4.78 is 76.8. The minimum Gasteiger partial charge on any atom is -0.279 e. The van der Waals surface area contributed by atoms with Crippen LogP contribution >= 0.6 is 0 Å². The summed E-state index contributed by atoms with van der Waals surface area (Å²) in [4.78, 5) is -0.316. The number of nitrogens with one attached hydrogen (secondary N) is 1. The molecule has 0 bridgehead atoms. The topological polar surface area (TPSA) is 46.2 Å². The van der Waals surface area contributed by atoms with Crippen molar-refractivity contribution in [1.82, 2.24) is 0 Å². The van der Waals surface area contributed by atoms with Crippen LogP contribution in [0.2, 0.25) is 0 Å². The highest BCUT2D eigenvalue weighted by atomic mass is 32.2. The lowest BCUT2D eigenvalue weighted by Gasteiger charge is -2.12. The molecule has 2 aromatic rings.